The number of carbonyl (C=O) groups excluding carboxylic acids is 3. The number of rotatable bonds is 17. The number of hydrogen-bond donors (Lipinski definition) is 3. The van der Waals surface area contributed by atoms with Gasteiger partial charge in [-0.1, -0.05) is 58.3 Å². The molecule has 0 aromatic carbocycles. The molecular formula is C20H36N2O6. The number of carbonyl (C=O) groups is 4. The Labute approximate surface area is 167 Å². The maximum absolute atomic E-state index is 11.7. The fourth-order valence-electron chi connectivity index (χ4n) is 2.61. The molecule has 0 saturated heterocycles. The minimum atomic E-state index is -1.21. The van der Waals surface area contributed by atoms with Crippen LogP contribution in [0.4, 0.5) is 0 Å². The molecule has 0 saturated carbocycles. The van der Waals surface area contributed by atoms with E-state index in [4.69, 9.17) is 10.8 Å². The van der Waals surface area contributed by atoms with Gasteiger partial charge in [-0.25, -0.2) is 0 Å². The highest BCUT2D eigenvalue weighted by Crippen LogP contribution is 2.10. The maximum Gasteiger partial charge on any atom is 0.320 e. The van der Waals surface area contributed by atoms with Gasteiger partial charge < -0.3 is 20.9 Å². The summed E-state index contributed by atoms with van der Waals surface area (Å²) in [5.74, 6) is -2.90. The van der Waals surface area contributed by atoms with Crippen LogP contribution in [0.3, 0.4) is 0 Å². The Balaban J connectivity index is 3.58. The third-order valence-corrected chi connectivity index (χ3v) is 4.36. The van der Waals surface area contributed by atoms with Crippen molar-refractivity contribution in [2.75, 3.05) is 6.54 Å². The molecule has 1 atom stereocenters. The van der Waals surface area contributed by atoms with E-state index in [0.29, 0.717) is 6.42 Å². The Morgan fingerprint density at radius 3 is 1.96 bits per heavy atom. The predicted molar refractivity (Wildman–Crippen MR) is 105 cm³/mol. The second-order valence-electron chi connectivity index (χ2n) is 7.01. The molecule has 0 rings (SSSR count). The number of carboxylic acid groups (broad SMARTS) is 1. The molecule has 0 radical (unpaired) electrons. The van der Waals surface area contributed by atoms with Crippen LogP contribution in [0.15, 0.2) is 0 Å². The van der Waals surface area contributed by atoms with E-state index in [9.17, 15) is 19.2 Å². The van der Waals surface area contributed by atoms with E-state index in [1.165, 1.54) is 38.5 Å². The molecule has 0 spiro atoms. The minimum Gasteiger partial charge on any atom is -0.480 e. The lowest BCUT2D eigenvalue weighted by molar-refractivity contribution is -0.159. The SMILES string of the molecule is CCCCCCCCCCCC(=O)NCCC(=O)OC(=O)CC[C@H](N)C(=O)O. The van der Waals surface area contributed by atoms with Crippen LogP contribution in [-0.4, -0.2) is 41.5 Å². The van der Waals surface area contributed by atoms with Gasteiger partial charge in [-0.15, -0.1) is 0 Å². The van der Waals surface area contributed by atoms with Crippen molar-refractivity contribution >= 4 is 23.8 Å². The molecule has 0 unspecified atom stereocenters. The number of unbranched alkanes of at least 4 members (excludes halogenated alkanes) is 8. The van der Waals surface area contributed by atoms with Gasteiger partial charge in [0.25, 0.3) is 0 Å². The second-order valence-corrected chi connectivity index (χ2v) is 7.01. The topological polar surface area (TPSA) is 136 Å². The van der Waals surface area contributed by atoms with Gasteiger partial charge >= 0.3 is 17.9 Å². The molecule has 0 bridgehead atoms. The molecule has 4 N–H and O–H groups in total. The average molecular weight is 401 g/mol. The summed E-state index contributed by atoms with van der Waals surface area (Å²) in [7, 11) is 0. The van der Waals surface area contributed by atoms with Gasteiger partial charge in [0, 0.05) is 19.4 Å². The molecule has 0 aliphatic heterocycles. The zero-order chi connectivity index (χ0) is 21.2. The van der Waals surface area contributed by atoms with Crippen LogP contribution in [0.5, 0.6) is 0 Å². The molecule has 0 aromatic heterocycles. The number of carboxylic acids is 1. The third kappa shape index (κ3) is 16.2. The highest BCUT2D eigenvalue weighted by Gasteiger charge is 2.16. The Morgan fingerprint density at radius 2 is 1.39 bits per heavy atom. The van der Waals surface area contributed by atoms with Gasteiger partial charge in [-0.3, -0.25) is 19.2 Å². The molecule has 0 fully saturated rings. The quantitative estimate of drug-likeness (QED) is 0.194. The summed E-state index contributed by atoms with van der Waals surface area (Å²) in [6.07, 6.45) is 10.6. The summed E-state index contributed by atoms with van der Waals surface area (Å²) in [5, 5.41) is 11.2. The van der Waals surface area contributed by atoms with E-state index in [1.807, 2.05) is 0 Å². The summed E-state index contributed by atoms with van der Waals surface area (Å²) < 4.78 is 4.55. The van der Waals surface area contributed by atoms with Gasteiger partial charge in [0.2, 0.25) is 5.91 Å². The summed E-state index contributed by atoms with van der Waals surface area (Å²) in [5.41, 5.74) is 5.26. The van der Waals surface area contributed by atoms with Gasteiger partial charge in [-0.05, 0) is 12.8 Å². The molecule has 28 heavy (non-hydrogen) atoms. The number of nitrogens with one attached hydrogen (secondary N) is 1. The number of ether oxygens (including phenoxy) is 1. The summed E-state index contributed by atoms with van der Waals surface area (Å²) in [4.78, 5) is 45.1. The van der Waals surface area contributed by atoms with E-state index < -0.39 is 23.9 Å². The largest absolute Gasteiger partial charge is 0.480 e. The van der Waals surface area contributed by atoms with Crippen molar-refractivity contribution in [1.29, 1.82) is 0 Å². The van der Waals surface area contributed by atoms with Crippen LogP contribution in [0.2, 0.25) is 0 Å². The number of aliphatic carboxylic acids is 1. The van der Waals surface area contributed by atoms with Crippen molar-refractivity contribution in [2.45, 2.75) is 96.4 Å². The molecular weight excluding hydrogens is 364 g/mol. The van der Waals surface area contributed by atoms with Gasteiger partial charge in [0.1, 0.15) is 6.04 Å². The van der Waals surface area contributed by atoms with E-state index in [-0.39, 0.29) is 31.7 Å². The normalized spacial score (nSPS) is 11.6. The zero-order valence-electron chi connectivity index (χ0n) is 17.0. The van der Waals surface area contributed by atoms with Crippen molar-refractivity contribution in [1.82, 2.24) is 5.32 Å². The van der Waals surface area contributed by atoms with Gasteiger partial charge in [-0.2, -0.15) is 0 Å². The van der Waals surface area contributed by atoms with Crippen LogP contribution in [0.1, 0.15) is 90.4 Å². The molecule has 0 heterocycles. The fourth-order valence-corrected chi connectivity index (χ4v) is 2.61. The van der Waals surface area contributed by atoms with Gasteiger partial charge in [0.15, 0.2) is 0 Å². The predicted octanol–water partition coefficient (Wildman–Crippen LogP) is 2.68. The Hall–Kier alpha value is -1.96. The second kappa shape index (κ2) is 17.2. The molecule has 0 aliphatic carbocycles. The first-order valence-electron chi connectivity index (χ1n) is 10.3. The summed E-state index contributed by atoms with van der Waals surface area (Å²) in [6, 6.07) is -1.16. The lowest BCUT2D eigenvalue weighted by Gasteiger charge is -2.07. The number of hydrogen-bond acceptors (Lipinski definition) is 6. The molecule has 8 nitrogen and oxygen atoms in total. The van der Waals surface area contributed by atoms with Crippen LogP contribution in [0.25, 0.3) is 0 Å². The Morgan fingerprint density at radius 1 is 0.857 bits per heavy atom. The first kappa shape index (κ1) is 26.0. The van der Waals surface area contributed by atoms with Crippen LogP contribution in [0, 0.1) is 0 Å². The van der Waals surface area contributed by atoms with Crippen LogP contribution < -0.4 is 11.1 Å². The number of amides is 1. The highest BCUT2D eigenvalue weighted by atomic mass is 16.6. The Bertz CT molecular complexity index is 481. The van der Waals surface area contributed by atoms with Crippen molar-refractivity contribution in [3.63, 3.8) is 0 Å². The minimum absolute atomic E-state index is 0.100. The summed E-state index contributed by atoms with van der Waals surface area (Å²) >= 11 is 0. The first-order valence-corrected chi connectivity index (χ1v) is 10.3. The monoisotopic (exact) mass is 400 g/mol. The molecule has 0 aliphatic rings. The molecule has 162 valence electrons. The van der Waals surface area contributed by atoms with Crippen LogP contribution >= 0.6 is 0 Å². The van der Waals surface area contributed by atoms with E-state index >= 15 is 0 Å². The number of esters is 2. The smallest absolute Gasteiger partial charge is 0.320 e. The molecule has 8 heteroatoms. The maximum atomic E-state index is 11.7. The first-order chi connectivity index (χ1) is 13.4. The van der Waals surface area contributed by atoms with Crippen molar-refractivity contribution in [3.8, 4) is 0 Å². The summed E-state index contributed by atoms with van der Waals surface area (Å²) in [6.45, 7) is 2.31. The van der Waals surface area contributed by atoms with Gasteiger partial charge in [0.05, 0.1) is 6.42 Å². The molecule has 1 amide bonds. The fraction of sp³-hybridized carbons (Fsp3) is 0.800. The van der Waals surface area contributed by atoms with E-state index in [1.54, 1.807) is 0 Å². The van der Waals surface area contributed by atoms with Crippen molar-refractivity contribution in [2.24, 2.45) is 5.73 Å². The van der Waals surface area contributed by atoms with E-state index in [0.717, 1.165) is 19.3 Å². The molecule has 0 aromatic rings. The lowest BCUT2D eigenvalue weighted by Crippen LogP contribution is -2.31. The van der Waals surface area contributed by atoms with Crippen molar-refractivity contribution < 1.29 is 29.0 Å². The third-order valence-electron chi connectivity index (χ3n) is 4.36. The van der Waals surface area contributed by atoms with Crippen LogP contribution in [-0.2, 0) is 23.9 Å². The van der Waals surface area contributed by atoms with Crippen molar-refractivity contribution in [3.05, 3.63) is 0 Å². The standard InChI is InChI=1S/C20H36N2O6/c1-2-3-4-5-6-7-8-9-10-11-17(23)22-15-14-19(25)28-18(24)13-12-16(21)20(26)27/h16H,2-15,21H2,1H3,(H,22,23)(H,26,27)/t16-/m0/s1. The zero-order valence-corrected chi connectivity index (χ0v) is 17.0. The van der Waals surface area contributed by atoms with E-state index in [2.05, 4.69) is 17.0 Å². The average Bonchev–Trinajstić information content (AvgIpc) is 2.64. The number of nitrogens with two attached hydrogens (primary N) is 1. The highest BCUT2D eigenvalue weighted by molar-refractivity contribution is 5.86. The lowest BCUT2D eigenvalue weighted by atomic mass is 10.1. The Kier molecular flexibility index (Phi) is 16.0.